The highest BCUT2D eigenvalue weighted by Crippen LogP contribution is 2.33. The lowest BCUT2D eigenvalue weighted by atomic mass is 9.98. The Labute approximate surface area is 188 Å². The van der Waals surface area contributed by atoms with E-state index in [1.165, 1.54) is 9.91 Å². The topological polar surface area (TPSA) is 83.5 Å². The number of ether oxygens (including phenoxy) is 2. The van der Waals surface area contributed by atoms with Gasteiger partial charge in [0.15, 0.2) is 0 Å². The average Bonchev–Trinajstić information content (AvgIpc) is 3.28. The predicted molar refractivity (Wildman–Crippen MR) is 123 cm³/mol. The molecular formula is C24H30N4O4. The van der Waals surface area contributed by atoms with E-state index in [1.807, 2.05) is 61.5 Å². The minimum absolute atomic E-state index is 0.0854. The molecule has 0 bridgehead atoms. The van der Waals surface area contributed by atoms with Crippen molar-refractivity contribution in [3.63, 3.8) is 0 Å². The molecule has 2 aromatic carbocycles. The second kappa shape index (κ2) is 11.3. The first-order chi connectivity index (χ1) is 15.6. The summed E-state index contributed by atoms with van der Waals surface area (Å²) in [5.41, 5.74) is 2.74. The molecule has 1 heterocycles. The predicted octanol–water partition coefficient (Wildman–Crippen LogP) is 3.05. The second-order valence-corrected chi connectivity index (χ2v) is 7.39. The van der Waals surface area contributed by atoms with Crippen LogP contribution in [0.5, 0.6) is 5.75 Å². The van der Waals surface area contributed by atoms with Crippen LogP contribution in [0.15, 0.2) is 59.7 Å². The maximum absolute atomic E-state index is 13.3. The molecule has 2 aromatic rings. The molecule has 3 amide bonds. The van der Waals surface area contributed by atoms with Crippen molar-refractivity contribution in [2.45, 2.75) is 19.4 Å². The molecule has 170 valence electrons. The Balaban J connectivity index is 1.86. The number of urea groups is 1. The summed E-state index contributed by atoms with van der Waals surface area (Å²) >= 11 is 0. The fourth-order valence-electron chi connectivity index (χ4n) is 3.59. The number of nitrogens with one attached hydrogen (secondary N) is 1. The normalized spacial score (nSPS) is 15.3. The van der Waals surface area contributed by atoms with E-state index < -0.39 is 0 Å². The second-order valence-electron chi connectivity index (χ2n) is 7.39. The molecule has 8 heteroatoms. The lowest BCUT2D eigenvalue weighted by Gasteiger charge is -2.27. The molecule has 0 radical (unpaired) electrons. The van der Waals surface area contributed by atoms with Gasteiger partial charge in [-0.2, -0.15) is 5.10 Å². The first kappa shape index (κ1) is 23.3. The molecule has 8 nitrogen and oxygen atoms in total. The van der Waals surface area contributed by atoms with Gasteiger partial charge >= 0.3 is 6.03 Å². The molecule has 0 unspecified atom stereocenters. The number of rotatable bonds is 9. The lowest BCUT2D eigenvalue weighted by Crippen LogP contribution is -2.47. The Morgan fingerprint density at radius 2 is 1.84 bits per heavy atom. The zero-order valence-electron chi connectivity index (χ0n) is 18.8. The number of hydrogen-bond donors (Lipinski definition) is 1. The smallest absolute Gasteiger partial charge is 0.317 e. The summed E-state index contributed by atoms with van der Waals surface area (Å²) < 4.78 is 10.3. The van der Waals surface area contributed by atoms with Crippen LogP contribution in [0.25, 0.3) is 0 Å². The van der Waals surface area contributed by atoms with Crippen LogP contribution in [0, 0.1) is 0 Å². The highest BCUT2D eigenvalue weighted by atomic mass is 16.5. The van der Waals surface area contributed by atoms with Gasteiger partial charge in [0.25, 0.3) is 5.91 Å². The van der Waals surface area contributed by atoms with Gasteiger partial charge in [-0.15, -0.1) is 0 Å². The Hall–Kier alpha value is -3.39. The number of carbonyl (C=O) groups excluding carboxylic acids is 2. The first-order valence-electron chi connectivity index (χ1n) is 10.7. The van der Waals surface area contributed by atoms with Gasteiger partial charge in [0, 0.05) is 26.6 Å². The highest BCUT2D eigenvalue weighted by molar-refractivity contribution is 6.03. The SMILES string of the molecule is CCNC(=O)N(CCOC)CC(=O)N1N=C(c2ccc(OC)cc2)C[C@@H]1c1ccccc1. The Bertz CT molecular complexity index is 931. The lowest BCUT2D eigenvalue weighted by molar-refractivity contribution is -0.133. The van der Waals surface area contributed by atoms with Crippen LogP contribution in [0.4, 0.5) is 4.79 Å². The molecule has 1 aliphatic heterocycles. The van der Waals surface area contributed by atoms with Crippen LogP contribution in [0.3, 0.4) is 0 Å². The van der Waals surface area contributed by atoms with Crippen LogP contribution >= 0.6 is 0 Å². The summed E-state index contributed by atoms with van der Waals surface area (Å²) in [6.45, 7) is 2.88. The van der Waals surface area contributed by atoms with Gasteiger partial charge in [-0.25, -0.2) is 9.80 Å². The van der Waals surface area contributed by atoms with E-state index in [2.05, 4.69) is 10.4 Å². The number of benzene rings is 2. The average molecular weight is 439 g/mol. The summed E-state index contributed by atoms with van der Waals surface area (Å²) in [6.07, 6.45) is 0.585. The molecule has 0 fully saturated rings. The summed E-state index contributed by atoms with van der Waals surface area (Å²) in [6, 6.07) is 16.9. The molecule has 1 atom stereocenters. The van der Waals surface area contributed by atoms with E-state index in [1.54, 1.807) is 14.2 Å². The Kier molecular flexibility index (Phi) is 8.21. The molecule has 32 heavy (non-hydrogen) atoms. The fourth-order valence-corrected chi connectivity index (χ4v) is 3.59. The third-order valence-electron chi connectivity index (χ3n) is 5.28. The van der Waals surface area contributed by atoms with Gasteiger partial charge in [0.2, 0.25) is 0 Å². The highest BCUT2D eigenvalue weighted by Gasteiger charge is 2.34. The van der Waals surface area contributed by atoms with E-state index in [0.717, 1.165) is 22.6 Å². The van der Waals surface area contributed by atoms with E-state index in [0.29, 0.717) is 26.1 Å². The Morgan fingerprint density at radius 3 is 2.47 bits per heavy atom. The number of amides is 3. The van der Waals surface area contributed by atoms with Crippen molar-refractivity contribution < 1.29 is 19.1 Å². The number of methoxy groups -OCH3 is 2. The molecule has 1 aliphatic rings. The molecule has 3 rings (SSSR count). The first-order valence-corrected chi connectivity index (χ1v) is 10.7. The van der Waals surface area contributed by atoms with Crippen LogP contribution < -0.4 is 10.1 Å². The van der Waals surface area contributed by atoms with Gasteiger partial charge in [-0.3, -0.25) is 4.79 Å². The maximum Gasteiger partial charge on any atom is 0.317 e. The van der Waals surface area contributed by atoms with Gasteiger partial charge in [-0.05, 0) is 42.3 Å². The van der Waals surface area contributed by atoms with Crippen LogP contribution in [0.2, 0.25) is 0 Å². The maximum atomic E-state index is 13.3. The zero-order chi connectivity index (χ0) is 22.9. The molecule has 0 aromatic heterocycles. The van der Waals surface area contributed by atoms with E-state index in [-0.39, 0.29) is 24.5 Å². The monoisotopic (exact) mass is 438 g/mol. The molecular weight excluding hydrogens is 408 g/mol. The molecule has 0 saturated carbocycles. The third kappa shape index (κ3) is 5.64. The third-order valence-corrected chi connectivity index (χ3v) is 5.28. The molecule has 0 aliphatic carbocycles. The van der Waals surface area contributed by atoms with Gasteiger partial charge in [-0.1, -0.05) is 30.3 Å². The van der Waals surface area contributed by atoms with Gasteiger partial charge in [0.05, 0.1) is 25.5 Å². The summed E-state index contributed by atoms with van der Waals surface area (Å²) in [4.78, 5) is 27.2. The van der Waals surface area contributed by atoms with Crippen molar-refractivity contribution in [2.24, 2.45) is 5.10 Å². The number of hydrazone groups is 1. The Morgan fingerprint density at radius 1 is 1.12 bits per heavy atom. The summed E-state index contributed by atoms with van der Waals surface area (Å²) in [5.74, 6) is 0.514. The van der Waals surface area contributed by atoms with Crippen molar-refractivity contribution in [1.29, 1.82) is 0 Å². The summed E-state index contributed by atoms with van der Waals surface area (Å²) in [7, 11) is 3.19. The van der Waals surface area contributed by atoms with Crippen molar-refractivity contribution in [1.82, 2.24) is 15.2 Å². The number of nitrogens with zero attached hydrogens (tertiary/aromatic N) is 3. The van der Waals surface area contributed by atoms with Crippen molar-refractivity contribution in [2.75, 3.05) is 40.5 Å². The standard InChI is InChI=1S/C24H30N4O4/c1-4-25-24(30)27(14-15-31-2)17-23(29)28-22(19-8-6-5-7-9-19)16-21(26-28)18-10-12-20(32-3)13-11-18/h5-13,22H,4,14-17H2,1-3H3,(H,25,30)/t22-/m1/s1. The number of carbonyl (C=O) groups is 2. The molecule has 0 spiro atoms. The van der Waals surface area contributed by atoms with E-state index in [9.17, 15) is 9.59 Å². The van der Waals surface area contributed by atoms with Crippen LogP contribution in [-0.2, 0) is 9.53 Å². The molecule has 1 N–H and O–H groups in total. The van der Waals surface area contributed by atoms with E-state index in [4.69, 9.17) is 9.47 Å². The minimum Gasteiger partial charge on any atom is -0.497 e. The largest absolute Gasteiger partial charge is 0.497 e. The van der Waals surface area contributed by atoms with Crippen molar-refractivity contribution in [3.05, 3.63) is 65.7 Å². The van der Waals surface area contributed by atoms with Crippen LogP contribution in [0.1, 0.15) is 30.5 Å². The summed E-state index contributed by atoms with van der Waals surface area (Å²) in [5, 5.41) is 8.94. The fraction of sp³-hybridized carbons (Fsp3) is 0.375. The number of hydrogen-bond acceptors (Lipinski definition) is 5. The van der Waals surface area contributed by atoms with Crippen LogP contribution in [-0.4, -0.2) is 68.0 Å². The minimum atomic E-state index is -0.298. The van der Waals surface area contributed by atoms with Crippen molar-refractivity contribution >= 4 is 17.6 Å². The molecule has 0 saturated heterocycles. The van der Waals surface area contributed by atoms with Gasteiger partial charge < -0.3 is 19.7 Å². The van der Waals surface area contributed by atoms with Gasteiger partial charge in [0.1, 0.15) is 12.3 Å². The van der Waals surface area contributed by atoms with Crippen molar-refractivity contribution in [3.8, 4) is 5.75 Å². The zero-order valence-corrected chi connectivity index (χ0v) is 18.8. The quantitative estimate of drug-likeness (QED) is 0.652. The van der Waals surface area contributed by atoms with E-state index >= 15 is 0 Å².